The van der Waals surface area contributed by atoms with E-state index in [0.717, 1.165) is 28.8 Å². The molecule has 1 saturated heterocycles. The van der Waals surface area contributed by atoms with E-state index in [1.807, 2.05) is 18.2 Å². The van der Waals surface area contributed by atoms with Gasteiger partial charge in [-0.3, -0.25) is 10.2 Å². The molecule has 1 aliphatic heterocycles. The Hall–Kier alpha value is -2.08. The smallest absolute Gasteiger partial charge is 0.287 e. The number of halogens is 3. The van der Waals surface area contributed by atoms with E-state index in [2.05, 4.69) is 12.3 Å². The van der Waals surface area contributed by atoms with Gasteiger partial charge in [0.1, 0.15) is 0 Å². The monoisotopic (exact) mass is 364 g/mol. The van der Waals surface area contributed by atoms with Gasteiger partial charge in [0.15, 0.2) is 6.04 Å². The summed E-state index contributed by atoms with van der Waals surface area (Å²) in [4.78, 5) is 12.0. The third-order valence-electron chi connectivity index (χ3n) is 4.86. The van der Waals surface area contributed by atoms with Gasteiger partial charge in [0, 0.05) is 6.54 Å². The first-order valence-corrected chi connectivity index (χ1v) is 8.79. The first-order valence-electron chi connectivity index (χ1n) is 8.79. The number of hydrazine groups is 1. The Labute approximate surface area is 151 Å². The minimum atomic E-state index is -4.51. The first kappa shape index (κ1) is 18.7. The fraction of sp³-hybridized carbons (Fsp3) is 0.450. The Morgan fingerprint density at radius 2 is 1.96 bits per heavy atom. The molecule has 0 aromatic heterocycles. The number of alkyl halides is 3. The molecule has 1 unspecified atom stereocenters. The third kappa shape index (κ3) is 3.43. The molecule has 0 spiro atoms. The molecule has 26 heavy (non-hydrogen) atoms. The average molecular weight is 364 g/mol. The Balaban J connectivity index is 2.09. The van der Waals surface area contributed by atoms with Crippen LogP contribution >= 0.6 is 0 Å². The number of rotatable bonds is 4. The van der Waals surface area contributed by atoms with Crippen LogP contribution in [0.5, 0.6) is 0 Å². The molecule has 1 aliphatic rings. The number of aryl methyl sites for hydroxylation is 1. The van der Waals surface area contributed by atoms with Gasteiger partial charge in [0.25, 0.3) is 0 Å². The van der Waals surface area contributed by atoms with Gasteiger partial charge in [0.05, 0.1) is 5.41 Å². The maximum Gasteiger partial charge on any atom is 0.409 e. The second-order valence-corrected chi connectivity index (χ2v) is 7.55. The predicted molar refractivity (Wildman–Crippen MR) is 95.4 cm³/mol. The van der Waals surface area contributed by atoms with E-state index in [1.165, 1.54) is 6.07 Å². The van der Waals surface area contributed by atoms with E-state index < -0.39 is 23.5 Å². The fourth-order valence-electron chi connectivity index (χ4n) is 3.54. The maximum atomic E-state index is 14.0. The van der Waals surface area contributed by atoms with Gasteiger partial charge in [0.2, 0.25) is 5.91 Å². The zero-order valence-corrected chi connectivity index (χ0v) is 15.2. The number of hydrogen-bond donors (Lipinski definition) is 1. The zero-order chi connectivity index (χ0) is 19.1. The second-order valence-electron chi connectivity index (χ2n) is 7.55. The minimum Gasteiger partial charge on any atom is -0.287 e. The SMILES string of the molecule is CCCc1ccc2c(C(N3CC(C)(C)C(=O)N3)C(F)(F)F)cccc2c1. The van der Waals surface area contributed by atoms with E-state index in [9.17, 15) is 18.0 Å². The Bertz CT molecular complexity index is 829. The van der Waals surface area contributed by atoms with Gasteiger partial charge in [-0.1, -0.05) is 49.7 Å². The molecule has 1 fully saturated rings. The molecule has 140 valence electrons. The van der Waals surface area contributed by atoms with Crippen LogP contribution in [0.25, 0.3) is 10.8 Å². The van der Waals surface area contributed by atoms with E-state index in [4.69, 9.17) is 0 Å². The van der Waals surface area contributed by atoms with Crippen LogP contribution in [0.1, 0.15) is 44.4 Å². The fourth-order valence-corrected chi connectivity index (χ4v) is 3.54. The largest absolute Gasteiger partial charge is 0.409 e. The summed E-state index contributed by atoms with van der Waals surface area (Å²) in [6, 6.07) is 8.69. The highest BCUT2D eigenvalue weighted by molar-refractivity contribution is 5.87. The summed E-state index contributed by atoms with van der Waals surface area (Å²) in [5.41, 5.74) is 2.83. The van der Waals surface area contributed by atoms with E-state index in [-0.39, 0.29) is 12.1 Å². The number of hydrogen-bond acceptors (Lipinski definition) is 2. The molecule has 3 nitrogen and oxygen atoms in total. The molecule has 1 atom stereocenters. The van der Waals surface area contributed by atoms with Crippen LogP contribution in [0.15, 0.2) is 36.4 Å². The topological polar surface area (TPSA) is 32.3 Å². The lowest BCUT2D eigenvalue weighted by Gasteiger charge is -2.30. The summed E-state index contributed by atoms with van der Waals surface area (Å²) in [6.45, 7) is 5.37. The van der Waals surface area contributed by atoms with Crippen molar-refractivity contribution in [3.63, 3.8) is 0 Å². The lowest BCUT2D eigenvalue weighted by atomic mass is 9.92. The number of nitrogens with one attached hydrogen (secondary N) is 1. The molecule has 1 N–H and O–H groups in total. The average Bonchev–Trinajstić information content (AvgIpc) is 2.79. The van der Waals surface area contributed by atoms with Gasteiger partial charge in [-0.2, -0.15) is 13.2 Å². The summed E-state index contributed by atoms with van der Waals surface area (Å²) in [7, 11) is 0. The molecule has 1 amide bonds. The Morgan fingerprint density at radius 3 is 2.54 bits per heavy atom. The van der Waals surface area contributed by atoms with Crippen molar-refractivity contribution in [1.29, 1.82) is 0 Å². The summed E-state index contributed by atoms with van der Waals surface area (Å²) in [5.74, 6) is -0.391. The van der Waals surface area contributed by atoms with E-state index in [1.54, 1.807) is 26.0 Å². The van der Waals surface area contributed by atoms with E-state index in [0.29, 0.717) is 5.39 Å². The number of fused-ring (bicyclic) bond motifs is 1. The van der Waals surface area contributed by atoms with Crippen molar-refractivity contribution >= 4 is 16.7 Å². The summed E-state index contributed by atoms with van der Waals surface area (Å²) < 4.78 is 41.9. The van der Waals surface area contributed by atoms with Crippen LogP contribution in [0.3, 0.4) is 0 Å². The van der Waals surface area contributed by atoms with Crippen LogP contribution in [-0.2, 0) is 11.2 Å². The van der Waals surface area contributed by atoms with Crippen LogP contribution in [0, 0.1) is 5.41 Å². The summed E-state index contributed by atoms with van der Waals surface area (Å²) in [6.07, 6.45) is -2.64. The van der Waals surface area contributed by atoms with Gasteiger partial charge in [-0.15, -0.1) is 0 Å². The third-order valence-corrected chi connectivity index (χ3v) is 4.86. The number of nitrogens with zero attached hydrogens (tertiary/aromatic N) is 1. The van der Waals surface area contributed by atoms with Crippen LogP contribution in [0.2, 0.25) is 0 Å². The second kappa shape index (κ2) is 6.58. The molecular formula is C20H23F3N2O. The van der Waals surface area contributed by atoms with Gasteiger partial charge < -0.3 is 0 Å². The molecule has 2 aromatic carbocycles. The highest BCUT2D eigenvalue weighted by Crippen LogP contribution is 2.42. The van der Waals surface area contributed by atoms with Crippen molar-refractivity contribution in [1.82, 2.24) is 10.4 Å². The lowest BCUT2D eigenvalue weighted by Crippen LogP contribution is -2.43. The van der Waals surface area contributed by atoms with Crippen molar-refractivity contribution in [2.75, 3.05) is 6.54 Å². The molecule has 2 aromatic rings. The Morgan fingerprint density at radius 1 is 1.23 bits per heavy atom. The zero-order valence-electron chi connectivity index (χ0n) is 15.2. The maximum absolute atomic E-state index is 14.0. The van der Waals surface area contributed by atoms with Crippen molar-refractivity contribution < 1.29 is 18.0 Å². The van der Waals surface area contributed by atoms with Crippen LogP contribution in [0.4, 0.5) is 13.2 Å². The quantitative estimate of drug-likeness (QED) is 0.848. The molecule has 1 heterocycles. The summed E-state index contributed by atoms with van der Waals surface area (Å²) in [5, 5.41) is 2.37. The molecule has 6 heteroatoms. The molecule has 3 rings (SSSR count). The molecular weight excluding hydrogens is 341 g/mol. The van der Waals surface area contributed by atoms with Gasteiger partial charge >= 0.3 is 6.18 Å². The van der Waals surface area contributed by atoms with Crippen LogP contribution < -0.4 is 5.43 Å². The van der Waals surface area contributed by atoms with Crippen molar-refractivity contribution in [3.8, 4) is 0 Å². The van der Waals surface area contributed by atoms with Crippen molar-refractivity contribution in [3.05, 3.63) is 47.5 Å². The highest BCUT2D eigenvalue weighted by Gasteiger charge is 2.51. The van der Waals surface area contributed by atoms with Gasteiger partial charge in [-0.05, 0) is 42.2 Å². The van der Waals surface area contributed by atoms with Crippen LogP contribution in [-0.4, -0.2) is 23.6 Å². The standard InChI is InChI=1S/C20H23F3N2O/c1-4-6-13-9-10-15-14(11-13)7-5-8-16(15)17(20(21,22)23)25-12-19(2,3)18(26)24-25/h5,7-11,17H,4,6,12H2,1-3H3,(H,24,26). The molecule has 0 saturated carbocycles. The first-order chi connectivity index (χ1) is 12.1. The predicted octanol–water partition coefficient (Wildman–Crippen LogP) is 4.77. The number of amides is 1. The number of carbonyl (C=O) groups is 1. The molecule has 0 aliphatic carbocycles. The molecule has 0 bridgehead atoms. The van der Waals surface area contributed by atoms with Crippen molar-refractivity contribution in [2.24, 2.45) is 5.41 Å². The van der Waals surface area contributed by atoms with E-state index >= 15 is 0 Å². The van der Waals surface area contributed by atoms with Gasteiger partial charge in [-0.25, -0.2) is 5.01 Å². The number of benzene rings is 2. The highest BCUT2D eigenvalue weighted by atomic mass is 19.4. The minimum absolute atomic E-state index is 0.000313. The van der Waals surface area contributed by atoms with Crippen molar-refractivity contribution in [2.45, 2.75) is 45.8 Å². The molecule has 0 radical (unpaired) electrons. The normalized spacial score (nSPS) is 18.9. The Kier molecular flexibility index (Phi) is 4.73. The number of carbonyl (C=O) groups excluding carboxylic acids is 1. The lowest BCUT2D eigenvalue weighted by molar-refractivity contribution is -0.191. The summed E-state index contributed by atoms with van der Waals surface area (Å²) >= 11 is 0.